The van der Waals surface area contributed by atoms with Crippen LogP contribution in [-0.4, -0.2) is 38.8 Å². The molecule has 0 saturated carbocycles. The van der Waals surface area contributed by atoms with Crippen LogP contribution < -0.4 is 5.43 Å². The van der Waals surface area contributed by atoms with E-state index < -0.39 is 0 Å². The molecular formula is C16H19N5S. The first-order valence-corrected chi connectivity index (χ1v) is 7.96. The van der Waals surface area contributed by atoms with E-state index in [1.807, 2.05) is 31.2 Å². The van der Waals surface area contributed by atoms with Crippen molar-refractivity contribution in [1.82, 2.24) is 20.3 Å². The minimum absolute atomic E-state index is 0.688. The summed E-state index contributed by atoms with van der Waals surface area (Å²) in [5.74, 6) is 0. The Balaban J connectivity index is 1.71. The van der Waals surface area contributed by atoms with Gasteiger partial charge < -0.3 is 4.90 Å². The number of hydrogen-bond donors (Lipinski definition) is 1. The van der Waals surface area contributed by atoms with E-state index in [1.165, 1.54) is 19.3 Å². The number of benzene rings is 1. The second-order valence-electron chi connectivity index (χ2n) is 5.41. The van der Waals surface area contributed by atoms with Crippen LogP contribution in [0.4, 0.5) is 0 Å². The third-order valence-corrected chi connectivity index (χ3v) is 4.13. The molecule has 114 valence electrons. The summed E-state index contributed by atoms with van der Waals surface area (Å²) in [6, 6.07) is 7.81. The van der Waals surface area contributed by atoms with Crippen LogP contribution in [0, 0.1) is 0 Å². The molecule has 6 heteroatoms. The molecule has 0 unspecified atom stereocenters. The van der Waals surface area contributed by atoms with Crippen molar-refractivity contribution in [2.24, 2.45) is 5.10 Å². The van der Waals surface area contributed by atoms with Gasteiger partial charge in [0.25, 0.3) is 0 Å². The van der Waals surface area contributed by atoms with Crippen LogP contribution in [0.2, 0.25) is 0 Å². The summed E-state index contributed by atoms with van der Waals surface area (Å²) in [7, 11) is 0. The first-order chi connectivity index (χ1) is 10.7. The zero-order valence-corrected chi connectivity index (χ0v) is 13.4. The van der Waals surface area contributed by atoms with E-state index in [2.05, 4.69) is 25.4 Å². The standard InChI is InChI=1S/C16H19N5S/c1-12(19-20-16(22)21-9-5-2-6-10-21)15-11-17-13-7-3-4-8-14(13)18-15/h3-4,7-8,11H,2,5-6,9-10H2,1H3,(H,20,22)/b19-12+. The zero-order chi connectivity index (χ0) is 15.4. The zero-order valence-electron chi connectivity index (χ0n) is 12.6. The maximum absolute atomic E-state index is 5.39. The Bertz CT molecular complexity index is 707. The molecule has 1 aromatic carbocycles. The third-order valence-electron chi connectivity index (χ3n) is 3.78. The molecule has 2 aromatic rings. The molecule has 0 bridgehead atoms. The Morgan fingerprint density at radius 1 is 1.18 bits per heavy atom. The van der Waals surface area contributed by atoms with Crippen molar-refractivity contribution in [2.75, 3.05) is 13.1 Å². The number of nitrogens with zero attached hydrogens (tertiary/aromatic N) is 4. The second-order valence-corrected chi connectivity index (χ2v) is 5.79. The molecule has 0 amide bonds. The van der Waals surface area contributed by atoms with Crippen molar-refractivity contribution < 1.29 is 0 Å². The number of hydrogen-bond acceptors (Lipinski definition) is 4. The Labute approximate surface area is 135 Å². The lowest BCUT2D eigenvalue weighted by Crippen LogP contribution is -2.41. The molecule has 0 aliphatic carbocycles. The van der Waals surface area contributed by atoms with Crippen molar-refractivity contribution in [2.45, 2.75) is 26.2 Å². The first kappa shape index (κ1) is 14.8. The minimum Gasteiger partial charge on any atom is -0.348 e. The molecule has 1 saturated heterocycles. The maximum Gasteiger partial charge on any atom is 0.189 e. The normalized spacial score (nSPS) is 15.9. The monoisotopic (exact) mass is 313 g/mol. The molecule has 1 aliphatic heterocycles. The molecule has 5 nitrogen and oxygen atoms in total. The van der Waals surface area contributed by atoms with Gasteiger partial charge in [0.15, 0.2) is 5.11 Å². The number of rotatable bonds is 2. The predicted octanol–water partition coefficient (Wildman–Crippen LogP) is 2.71. The fourth-order valence-corrected chi connectivity index (χ4v) is 2.72. The van der Waals surface area contributed by atoms with E-state index in [0.29, 0.717) is 5.11 Å². The summed E-state index contributed by atoms with van der Waals surface area (Å²) in [6.45, 7) is 3.93. The van der Waals surface area contributed by atoms with E-state index in [4.69, 9.17) is 12.2 Å². The van der Waals surface area contributed by atoms with Crippen LogP contribution in [0.1, 0.15) is 31.9 Å². The number of thiocarbonyl (C=S) groups is 1. The Hall–Kier alpha value is -2.08. The van der Waals surface area contributed by atoms with Crippen molar-refractivity contribution in [3.05, 3.63) is 36.2 Å². The van der Waals surface area contributed by atoms with Crippen LogP contribution in [-0.2, 0) is 0 Å². The van der Waals surface area contributed by atoms with Crippen LogP contribution in [0.5, 0.6) is 0 Å². The number of aromatic nitrogens is 2. The van der Waals surface area contributed by atoms with Gasteiger partial charge >= 0.3 is 0 Å². The summed E-state index contributed by atoms with van der Waals surface area (Å²) in [6.07, 6.45) is 5.42. The van der Waals surface area contributed by atoms with Gasteiger partial charge in [-0.3, -0.25) is 10.4 Å². The number of fused-ring (bicyclic) bond motifs is 1. The number of nitrogens with one attached hydrogen (secondary N) is 1. The molecule has 0 spiro atoms. The molecule has 1 fully saturated rings. The highest BCUT2D eigenvalue weighted by atomic mass is 32.1. The van der Waals surface area contributed by atoms with Crippen molar-refractivity contribution in [3.63, 3.8) is 0 Å². The highest BCUT2D eigenvalue weighted by Gasteiger charge is 2.12. The molecule has 0 radical (unpaired) electrons. The van der Waals surface area contributed by atoms with Gasteiger partial charge in [0, 0.05) is 13.1 Å². The minimum atomic E-state index is 0.688. The summed E-state index contributed by atoms with van der Waals surface area (Å²) in [5.41, 5.74) is 6.26. The number of para-hydroxylation sites is 2. The van der Waals surface area contributed by atoms with E-state index in [9.17, 15) is 0 Å². The molecule has 3 rings (SSSR count). The van der Waals surface area contributed by atoms with Crippen LogP contribution in [0.15, 0.2) is 35.6 Å². The lowest BCUT2D eigenvalue weighted by Gasteiger charge is -2.28. The van der Waals surface area contributed by atoms with Gasteiger partial charge in [-0.2, -0.15) is 5.10 Å². The topological polar surface area (TPSA) is 53.4 Å². The van der Waals surface area contributed by atoms with E-state index in [0.717, 1.165) is 35.5 Å². The predicted molar refractivity (Wildman–Crippen MR) is 92.9 cm³/mol. The third kappa shape index (κ3) is 3.39. The van der Waals surface area contributed by atoms with Gasteiger partial charge in [0.1, 0.15) is 5.69 Å². The van der Waals surface area contributed by atoms with Crippen molar-refractivity contribution in [1.29, 1.82) is 0 Å². The maximum atomic E-state index is 5.39. The van der Waals surface area contributed by atoms with Gasteiger partial charge in [0.05, 0.1) is 22.9 Å². The Kier molecular flexibility index (Phi) is 4.58. The van der Waals surface area contributed by atoms with Gasteiger partial charge in [-0.1, -0.05) is 12.1 Å². The van der Waals surface area contributed by atoms with Gasteiger partial charge in [-0.25, -0.2) is 4.98 Å². The molecule has 2 heterocycles. The molecule has 22 heavy (non-hydrogen) atoms. The number of likely N-dealkylation sites (tertiary alicyclic amines) is 1. The SMILES string of the molecule is C/C(=N\NC(=S)N1CCCCC1)c1cnc2ccccc2n1. The lowest BCUT2D eigenvalue weighted by atomic mass is 10.1. The molecule has 0 atom stereocenters. The van der Waals surface area contributed by atoms with Crippen LogP contribution in [0.25, 0.3) is 11.0 Å². The summed E-state index contributed by atoms with van der Waals surface area (Å²) < 4.78 is 0. The lowest BCUT2D eigenvalue weighted by molar-refractivity contribution is 0.338. The summed E-state index contributed by atoms with van der Waals surface area (Å²) in [4.78, 5) is 11.1. The molecule has 1 aromatic heterocycles. The van der Waals surface area contributed by atoms with Crippen molar-refractivity contribution >= 4 is 34.1 Å². The fourth-order valence-electron chi connectivity index (χ4n) is 2.49. The van der Waals surface area contributed by atoms with Crippen LogP contribution >= 0.6 is 12.2 Å². The smallest absolute Gasteiger partial charge is 0.189 e. The molecular weight excluding hydrogens is 294 g/mol. The Morgan fingerprint density at radius 3 is 2.68 bits per heavy atom. The van der Waals surface area contributed by atoms with Crippen molar-refractivity contribution in [3.8, 4) is 0 Å². The first-order valence-electron chi connectivity index (χ1n) is 7.55. The highest BCUT2D eigenvalue weighted by molar-refractivity contribution is 7.80. The molecule has 1 N–H and O–H groups in total. The van der Waals surface area contributed by atoms with E-state index in [-0.39, 0.29) is 0 Å². The van der Waals surface area contributed by atoms with Crippen LogP contribution in [0.3, 0.4) is 0 Å². The van der Waals surface area contributed by atoms with Gasteiger partial charge in [-0.05, 0) is 50.5 Å². The number of piperidine rings is 1. The number of hydrazone groups is 1. The van der Waals surface area contributed by atoms with E-state index in [1.54, 1.807) is 6.20 Å². The van der Waals surface area contributed by atoms with E-state index >= 15 is 0 Å². The largest absolute Gasteiger partial charge is 0.348 e. The summed E-state index contributed by atoms with van der Waals surface area (Å²) in [5, 5.41) is 5.05. The average Bonchev–Trinajstić information content (AvgIpc) is 2.59. The second kappa shape index (κ2) is 6.79. The van der Waals surface area contributed by atoms with Gasteiger partial charge in [0.2, 0.25) is 0 Å². The summed E-state index contributed by atoms with van der Waals surface area (Å²) >= 11 is 5.39. The Morgan fingerprint density at radius 2 is 1.91 bits per heavy atom. The quantitative estimate of drug-likeness (QED) is 0.525. The fraction of sp³-hybridized carbons (Fsp3) is 0.375. The average molecular weight is 313 g/mol. The highest BCUT2D eigenvalue weighted by Crippen LogP contribution is 2.10. The molecule has 1 aliphatic rings. The van der Waals surface area contributed by atoms with Gasteiger partial charge in [-0.15, -0.1) is 0 Å².